The van der Waals surface area contributed by atoms with Crippen LogP contribution in [-0.2, 0) is 10.8 Å². The summed E-state index contributed by atoms with van der Waals surface area (Å²) >= 11 is 2.03. The van der Waals surface area contributed by atoms with Crippen molar-refractivity contribution < 1.29 is 4.21 Å². The smallest absolute Gasteiger partial charge is 0.0360 e. The fourth-order valence-electron chi connectivity index (χ4n) is 1.42. The molecule has 2 atom stereocenters. The molecule has 2 nitrogen and oxygen atoms in total. The first-order valence-electron chi connectivity index (χ1n) is 4.99. The predicted octanol–water partition coefficient (Wildman–Crippen LogP) is 1.24. The Bertz CT molecular complexity index is 158. The highest BCUT2D eigenvalue weighted by Crippen LogP contribution is 2.16. The lowest BCUT2D eigenvalue weighted by Gasteiger charge is -2.22. The fraction of sp³-hybridized carbons (Fsp3) is 1.00. The molecule has 1 rings (SSSR count). The Labute approximate surface area is 87.7 Å². The van der Waals surface area contributed by atoms with Gasteiger partial charge in [0.2, 0.25) is 0 Å². The SMILES string of the molecule is CCS(=O)CCNC1CCCSC1. The van der Waals surface area contributed by atoms with E-state index in [1.165, 1.54) is 24.3 Å². The van der Waals surface area contributed by atoms with Crippen molar-refractivity contribution in [1.29, 1.82) is 0 Å². The van der Waals surface area contributed by atoms with Crippen LogP contribution < -0.4 is 5.32 Å². The highest BCUT2D eigenvalue weighted by molar-refractivity contribution is 7.99. The molecule has 1 fully saturated rings. The van der Waals surface area contributed by atoms with Crippen molar-refractivity contribution in [3.8, 4) is 0 Å². The average Bonchev–Trinajstić information content (AvgIpc) is 2.19. The molecule has 0 aromatic heterocycles. The molecular weight excluding hydrogens is 202 g/mol. The van der Waals surface area contributed by atoms with E-state index in [2.05, 4.69) is 5.32 Å². The summed E-state index contributed by atoms with van der Waals surface area (Å²) < 4.78 is 11.1. The van der Waals surface area contributed by atoms with E-state index < -0.39 is 10.8 Å². The average molecular weight is 221 g/mol. The van der Waals surface area contributed by atoms with Crippen molar-refractivity contribution in [3.63, 3.8) is 0 Å². The Hall–Kier alpha value is 0.460. The van der Waals surface area contributed by atoms with E-state index in [-0.39, 0.29) is 0 Å². The van der Waals surface area contributed by atoms with Crippen molar-refractivity contribution in [2.24, 2.45) is 0 Å². The Morgan fingerprint density at radius 1 is 1.62 bits per heavy atom. The molecule has 1 N–H and O–H groups in total. The summed E-state index contributed by atoms with van der Waals surface area (Å²) in [6.07, 6.45) is 2.63. The lowest BCUT2D eigenvalue weighted by atomic mass is 10.2. The van der Waals surface area contributed by atoms with Crippen LogP contribution in [0.15, 0.2) is 0 Å². The predicted molar refractivity (Wildman–Crippen MR) is 61.9 cm³/mol. The third-order valence-corrected chi connectivity index (χ3v) is 4.76. The van der Waals surface area contributed by atoms with Gasteiger partial charge in [-0.1, -0.05) is 6.92 Å². The summed E-state index contributed by atoms with van der Waals surface area (Å²) in [6.45, 7) is 2.90. The van der Waals surface area contributed by atoms with Gasteiger partial charge in [0.05, 0.1) is 0 Å². The summed E-state index contributed by atoms with van der Waals surface area (Å²) in [5.74, 6) is 4.16. The maximum Gasteiger partial charge on any atom is 0.0360 e. The molecule has 2 unspecified atom stereocenters. The van der Waals surface area contributed by atoms with E-state index in [0.29, 0.717) is 6.04 Å². The van der Waals surface area contributed by atoms with Crippen molar-refractivity contribution in [2.45, 2.75) is 25.8 Å². The van der Waals surface area contributed by atoms with Gasteiger partial charge in [0.25, 0.3) is 0 Å². The van der Waals surface area contributed by atoms with Crippen molar-refractivity contribution in [1.82, 2.24) is 5.32 Å². The Morgan fingerprint density at radius 2 is 2.46 bits per heavy atom. The Kier molecular flexibility index (Phi) is 6.07. The van der Waals surface area contributed by atoms with Gasteiger partial charge in [-0.2, -0.15) is 11.8 Å². The number of nitrogens with one attached hydrogen (secondary N) is 1. The van der Waals surface area contributed by atoms with E-state index >= 15 is 0 Å². The standard InChI is InChI=1S/C9H19NOS2/c1-2-13(11)7-5-10-9-4-3-6-12-8-9/h9-10H,2-8H2,1H3. The molecule has 0 amide bonds. The van der Waals surface area contributed by atoms with E-state index in [1.807, 2.05) is 18.7 Å². The highest BCUT2D eigenvalue weighted by Gasteiger charge is 2.12. The van der Waals surface area contributed by atoms with Gasteiger partial charge in [-0.25, -0.2) is 0 Å². The first-order chi connectivity index (χ1) is 6.33. The maximum atomic E-state index is 11.1. The first kappa shape index (κ1) is 11.5. The Balaban J connectivity index is 2.01. The highest BCUT2D eigenvalue weighted by atomic mass is 32.2. The molecule has 0 radical (unpaired) electrons. The van der Waals surface area contributed by atoms with Crippen LogP contribution in [0.25, 0.3) is 0 Å². The molecule has 0 spiro atoms. The minimum atomic E-state index is -0.601. The second-order valence-electron chi connectivity index (χ2n) is 3.30. The molecule has 13 heavy (non-hydrogen) atoms. The van der Waals surface area contributed by atoms with Gasteiger partial charge in [0.1, 0.15) is 0 Å². The quantitative estimate of drug-likeness (QED) is 0.757. The normalized spacial score (nSPS) is 25.8. The zero-order valence-corrected chi connectivity index (χ0v) is 9.88. The van der Waals surface area contributed by atoms with Crippen LogP contribution in [0.4, 0.5) is 0 Å². The molecule has 1 heterocycles. The van der Waals surface area contributed by atoms with E-state index in [1.54, 1.807) is 0 Å². The Morgan fingerprint density at radius 3 is 3.08 bits per heavy atom. The summed E-state index contributed by atoms with van der Waals surface area (Å²) in [6, 6.07) is 0.674. The van der Waals surface area contributed by atoms with Crippen LogP contribution in [0.2, 0.25) is 0 Å². The molecule has 0 aliphatic carbocycles. The van der Waals surface area contributed by atoms with E-state index in [4.69, 9.17) is 0 Å². The first-order valence-corrected chi connectivity index (χ1v) is 7.63. The topological polar surface area (TPSA) is 29.1 Å². The number of hydrogen-bond acceptors (Lipinski definition) is 3. The van der Waals surface area contributed by atoms with Crippen LogP contribution in [-0.4, -0.2) is 39.8 Å². The second kappa shape index (κ2) is 6.85. The molecule has 0 aromatic rings. The van der Waals surface area contributed by atoms with Gasteiger partial charge in [-0.3, -0.25) is 4.21 Å². The molecule has 0 bridgehead atoms. The van der Waals surface area contributed by atoms with Gasteiger partial charge < -0.3 is 5.32 Å². The summed E-state index contributed by atoms with van der Waals surface area (Å²) in [7, 11) is -0.601. The molecular formula is C9H19NOS2. The molecule has 78 valence electrons. The van der Waals surface area contributed by atoms with Crippen molar-refractivity contribution in [2.75, 3.05) is 29.6 Å². The molecule has 1 aliphatic rings. The molecule has 1 saturated heterocycles. The lowest BCUT2D eigenvalue weighted by Crippen LogP contribution is -2.36. The van der Waals surface area contributed by atoms with Gasteiger partial charge in [0.15, 0.2) is 0 Å². The van der Waals surface area contributed by atoms with Crippen LogP contribution in [0.1, 0.15) is 19.8 Å². The minimum Gasteiger partial charge on any atom is -0.312 e. The van der Waals surface area contributed by atoms with Gasteiger partial charge >= 0.3 is 0 Å². The maximum absolute atomic E-state index is 11.1. The number of rotatable bonds is 5. The minimum absolute atomic E-state index is 0.601. The molecule has 0 aromatic carbocycles. The van der Waals surface area contributed by atoms with Crippen molar-refractivity contribution >= 4 is 22.6 Å². The van der Waals surface area contributed by atoms with Crippen LogP contribution in [0.3, 0.4) is 0 Å². The summed E-state index contributed by atoms with van der Waals surface area (Å²) in [5.41, 5.74) is 0. The number of thioether (sulfide) groups is 1. The largest absolute Gasteiger partial charge is 0.312 e. The van der Waals surface area contributed by atoms with Crippen LogP contribution in [0, 0.1) is 0 Å². The van der Waals surface area contributed by atoms with Crippen LogP contribution >= 0.6 is 11.8 Å². The molecule has 4 heteroatoms. The van der Waals surface area contributed by atoms with E-state index in [0.717, 1.165) is 18.1 Å². The number of hydrogen-bond donors (Lipinski definition) is 1. The molecule has 1 aliphatic heterocycles. The van der Waals surface area contributed by atoms with Gasteiger partial charge in [-0.15, -0.1) is 0 Å². The third kappa shape index (κ3) is 5.03. The fourth-order valence-corrected chi connectivity index (χ4v) is 3.16. The zero-order chi connectivity index (χ0) is 9.52. The van der Waals surface area contributed by atoms with Crippen molar-refractivity contribution in [3.05, 3.63) is 0 Å². The second-order valence-corrected chi connectivity index (χ2v) is 6.32. The third-order valence-electron chi connectivity index (χ3n) is 2.25. The lowest BCUT2D eigenvalue weighted by molar-refractivity contribution is 0.524. The monoisotopic (exact) mass is 221 g/mol. The summed E-state index contributed by atoms with van der Waals surface area (Å²) in [4.78, 5) is 0. The van der Waals surface area contributed by atoms with E-state index in [9.17, 15) is 4.21 Å². The molecule has 0 saturated carbocycles. The van der Waals surface area contributed by atoms with Gasteiger partial charge in [0, 0.05) is 40.6 Å². The summed E-state index contributed by atoms with van der Waals surface area (Å²) in [5, 5.41) is 3.47. The van der Waals surface area contributed by atoms with Gasteiger partial charge in [-0.05, 0) is 18.6 Å². The zero-order valence-electron chi connectivity index (χ0n) is 8.25. The van der Waals surface area contributed by atoms with Crippen LogP contribution in [0.5, 0.6) is 0 Å².